The molecule has 0 unspecified atom stereocenters. The summed E-state index contributed by atoms with van der Waals surface area (Å²) in [6, 6.07) is 8.76. The van der Waals surface area contributed by atoms with Gasteiger partial charge in [-0.1, -0.05) is 11.6 Å². The highest BCUT2D eigenvalue weighted by molar-refractivity contribution is 6.30. The fraction of sp³-hybridized carbons (Fsp3) is 0.316. The number of nitrogens with zero attached hydrogens (tertiary/aromatic N) is 5. The topological polar surface area (TPSA) is 65.2 Å². The molecule has 0 bridgehead atoms. The fourth-order valence-corrected chi connectivity index (χ4v) is 2.74. The maximum atomic E-state index is 12.6. The predicted octanol–water partition coefficient (Wildman–Crippen LogP) is 3.37. The van der Waals surface area contributed by atoms with Crippen LogP contribution in [0.4, 0.5) is 0 Å². The second kappa shape index (κ2) is 8.26. The lowest BCUT2D eigenvalue weighted by Crippen LogP contribution is -2.27. The van der Waals surface area contributed by atoms with Gasteiger partial charge in [0.05, 0.1) is 5.69 Å². The molecule has 0 fully saturated rings. The van der Waals surface area contributed by atoms with Crippen molar-refractivity contribution in [1.29, 1.82) is 0 Å². The lowest BCUT2D eigenvalue weighted by atomic mass is 10.2. The summed E-state index contributed by atoms with van der Waals surface area (Å²) in [5.41, 5.74) is 2.33. The molecule has 0 aliphatic heterocycles. The lowest BCUT2D eigenvalue weighted by Gasteiger charge is -2.15. The maximum absolute atomic E-state index is 12.6. The fourth-order valence-electron chi connectivity index (χ4n) is 2.62. The SMILES string of the molecule is CCn1cc(CN(C)C(=O)c2ccn(COc3ccc(Cl)cc3)n2)c(C)n1. The summed E-state index contributed by atoms with van der Waals surface area (Å²) in [5, 5.41) is 9.36. The molecule has 0 N–H and O–H groups in total. The molecule has 3 rings (SSSR count). The number of aryl methyl sites for hydroxylation is 2. The minimum atomic E-state index is -0.149. The maximum Gasteiger partial charge on any atom is 0.274 e. The molecule has 0 saturated carbocycles. The van der Waals surface area contributed by atoms with Crippen LogP contribution in [-0.2, 0) is 19.8 Å². The van der Waals surface area contributed by atoms with E-state index < -0.39 is 0 Å². The predicted molar refractivity (Wildman–Crippen MR) is 103 cm³/mol. The Kier molecular flexibility index (Phi) is 5.81. The highest BCUT2D eigenvalue weighted by Crippen LogP contribution is 2.16. The molecule has 142 valence electrons. The average molecular weight is 388 g/mol. The van der Waals surface area contributed by atoms with Gasteiger partial charge in [-0.25, -0.2) is 4.68 Å². The molecule has 0 spiro atoms. The Labute approximate surface area is 163 Å². The largest absolute Gasteiger partial charge is 0.471 e. The Morgan fingerprint density at radius 2 is 1.93 bits per heavy atom. The molecule has 0 atom stereocenters. The highest BCUT2D eigenvalue weighted by atomic mass is 35.5. The minimum Gasteiger partial charge on any atom is -0.471 e. The van der Waals surface area contributed by atoms with Gasteiger partial charge in [-0.05, 0) is 44.2 Å². The molecule has 0 aliphatic carbocycles. The monoisotopic (exact) mass is 387 g/mol. The third kappa shape index (κ3) is 4.68. The highest BCUT2D eigenvalue weighted by Gasteiger charge is 2.17. The van der Waals surface area contributed by atoms with Crippen molar-refractivity contribution in [3.63, 3.8) is 0 Å². The molecular formula is C19H22ClN5O2. The first-order chi connectivity index (χ1) is 13.0. The van der Waals surface area contributed by atoms with E-state index >= 15 is 0 Å². The number of ether oxygens (including phenoxy) is 1. The van der Waals surface area contributed by atoms with Gasteiger partial charge >= 0.3 is 0 Å². The summed E-state index contributed by atoms with van der Waals surface area (Å²) in [6.45, 7) is 5.48. The summed E-state index contributed by atoms with van der Waals surface area (Å²) >= 11 is 5.85. The van der Waals surface area contributed by atoms with Crippen LogP contribution in [0.1, 0.15) is 28.7 Å². The quantitative estimate of drug-likeness (QED) is 0.623. The molecule has 27 heavy (non-hydrogen) atoms. The van der Waals surface area contributed by atoms with Crippen LogP contribution < -0.4 is 4.74 Å². The van der Waals surface area contributed by atoms with Crippen molar-refractivity contribution in [3.8, 4) is 5.75 Å². The number of amides is 1. The Morgan fingerprint density at radius 3 is 2.59 bits per heavy atom. The van der Waals surface area contributed by atoms with Crippen molar-refractivity contribution < 1.29 is 9.53 Å². The molecule has 3 aromatic rings. The van der Waals surface area contributed by atoms with E-state index in [0.29, 0.717) is 23.0 Å². The number of halogens is 1. The summed E-state index contributed by atoms with van der Waals surface area (Å²) in [5.74, 6) is 0.534. The number of carbonyl (C=O) groups excluding carboxylic acids is 1. The smallest absolute Gasteiger partial charge is 0.274 e. The van der Waals surface area contributed by atoms with E-state index in [9.17, 15) is 4.79 Å². The molecule has 1 amide bonds. The number of aromatic nitrogens is 4. The van der Waals surface area contributed by atoms with Gasteiger partial charge in [0, 0.05) is 43.1 Å². The van der Waals surface area contributed by atoms with E-state index in [1.54, 1.807) is 53.2 Å². The Morgan fingerprint density at radius 1 is 1.19 bits per heavy atom. The van der Waals surface area contributed by atoms with Crippen LogP contribution >= 0.6 is 11.6 Å². The second-order valence-corrected chi connectivity index (χ2v) is 6.66. The summed E-state index contributed by atoms with van der Waals surface area (Å²) < 4.78 is 9.08. The Hall–Kier alpha value is -2.80. The van der Waals surface area contributed by atoms with Crippen LogP contribution in [0, 0.1) is 6.92 Å². The number of hydrogen-bond acceptors (Lipinski definition) is 4. The van der Waals surface area contributed by atoms with E-state index in [1.807, 2.05) is 24.7 Å². The zero-order chi connectivity index (χ0) is 19.4. The second-order valence-electron chi connectivity index (χ2n) is 6.22. The van der Waals surface area contributed by atoms with Crippen LogP contribution in [-0.4, -0.2) is 37.4 Å². The lowest BCUT2D eigenvalue weighted by molar-refractivity contribution is 0.0777. The normalized spacial score (nSPS) is 10.8. The van der Waals surface area contributed by atoms with E-state index in [1.165, 1.54) is 0 Å². The van der Waals surface area contributed by atoms with Crippen molar-refractivity contribution in [3.05, 3.63) is 64.7 Å². The van der Waals surface area contributed by atoms with Crippen molar-refractivity contribution in [1.82, 2.24) is 24.5 Å². The number of rotatable bonds is 7. The van der Waals surface area contributed by atoms with E-state index in [2.05, 4.69) is 10.2 Å². The third-order valence-electron chi connectivity index (χ3n) is 4.16. The standard InChI is InChI=1S/C19H22ClN5O2/c1-4-24-12-15(14(2)21-24)11-23(3)19(26)18-9-10-25(22-18)13-27-17-7-5-16(20)6-8-17/h5-10,12H,4,11,13H2,1-3H3. The van der Waals surface area contributed by atoms with Crippen molar-refractivity contribution in [2.45, 2.75) is 33.7 Å². The molecule has 0 radical (unpaired) electrons. The van der Waals surface area contributed by atoms with E-state index in [0.717, 1.165) is 17.8 Å². The number of carbonyl (C=O) groups is 1. The molecular weight excluding hydrogens is 366 g/mol. The van der Waals surface area contributed by atoms with Crippen LogP contribution in [0.15, 0.2) is 42.7 Å². The average Bonchev–Trinajstić information content (AvgIpc) is 3.27. The van der Waals surface area contributed by atoms with Crippen molar-refractivity contribution in [2.24, 2.45) is 0 Å². The van der Waals surface area contributed by atoms with Gasteiger partial charge in [0.15, 0.2) is 12.4 Å². The number of benzene rings is 1. The molecule has 1 aromatic carbocycles. The van der Waals surface area contributed by atoms with Gasteiger partial charge in [0.1, 0.15) is 5.75 Å². The summed E-state index contributed by atoms with van der Waals surface area (Å²) in [7, 11) is 1.76. The first-order valence-corrected chi connectivity index (χ1v) is 9.04. The molecule has 2 heterocycles. The van der Waals surface area contributed by atoms with Gasteiger partial charge in [0.2, 0.25) is 0 Å². The Bertz CT molecular complexity index is 917. The Balaban J connectivity index is 1.59. The zero-order valence-corrected chi connectivity index (χ0v) is 16.3. The van der Waals surface area contributed by atoms with Crippen molar-refractivity contribution >= 4 is 17.5 Å². The van der Waals surface area contributed by atoms with Crippen LogP contribution in [0.2, 0.25) is 5.02 Å². The number of hydrogen-bond donors (Lipinski definition) is 0. The van der Waals surface area contributed by atoms with Gasteiger partial charge in [-0.15, -0.1) is 0 Å². The van der Waals surface area contributed by atoms with Crippen molar-refractivity contribution in [2.75, 3.05) is 7.05 Å². The van der Waals surface area contributed by atoms with Gasteiger partial charge in [0.25, 0.3) is 5.91 Å². The van der Waals surface area contributed by atoms with Gasteiger partial charge < -0.3 is 9.64 Å². The third-order valence-corrected chi connectivity index (χ3v) is 4.42. The first-order valence-electron chi connectivity index (χ1n) is 8.66. The first kappa shape index (κ1) is 19.0. The summed E-state index contributed by atoms with van der Waals surface area (Å²) in [4.78, 5) is 14.3. The zero-order valence-electron chi connectivity index (χ0n) is 15.6. The van der Waals surface area contributed by atoms with Crippen LogP contribution in [0.25, 0.3) is 0 Å². The van der Waals surface area contributed by atoms with Gasteiger partial charge in [-0.3, -0.25) is 9.48 Å². The van der Waals surface area contributed by atoms with Gasteiger partial charge in [-0.2, -0.15) is 10.2 Å². The van der Waals surface area contributed by atoms with Crippen LogP contribution in [0.5, 0.6) is 5.75 Å². The van der Waals surface area contributed by atoms with E-state index in [-0.39, 0.29) is 12.6 Å². The van der Waals surface area contributed by atoms with E-state index in [4.69, 9.17) is 16.3 Å². The minimum absolute atomic E-state index is 0.149. The van der Waals surface area contributed by atoms with Crippen LogP contribution in [0.3, 0.4) is 0 Å². The summed E-state index contributed by atoms with van der Waals surface area (Å²) in [6.07, 6.45) is 3.69. The molecule has 0 saturated heterocycles. The molecule has 7 nitrogen and oxygen atoms in total. The molecule has 8 heteroatoms. The molecule has 0 aliphatic rings. The molecule has 2 aromatic heterocycles.